The Morgan fingerprint density at radius 3 is 2.19 bits per heavy atom. The number of carbonyl (C=O) groups is 3. The van der Waals surface area contributed by atoms with Crippen LogP contribution in [0.4, 0.5) is 11.4 Å². The van der Waals surface area contributed by atoms with Gasteiger partial charge in [-0.3, -0.25) is 9.59 Å². The minimum atomic E-state index is -0.612. The summed E-state index contributed by atoms with van der Waals surface area (Å²) < 4.78 is 6.53. The number of anilines is 2. The van der Waals surface area contributed by atoms with E-state index < -0.39 is 17.8 Å². The molecule has 1 aliphatic rings. The Bertz CT molecular complexity index is 1390. The standard InChI is InChI=1S/C28H24BrClN2O4/c1-16-5-14-22(21(15-16)28(2,3)4)36-27(35)17-6-10-19(11-7-17)31-24-23(30)25(33)32(26(24)34)20-12-8-18(29)9-13-20/h5-15,31H,1-4H3. The van der Waals surface area contributed by atoms with Crippen molar-refractivity contribution in [2.24, 2.45) is 0 Å². The number of nitrogens with one attached hydrogen (secondary N) is 1. The number of rotatable bonds is 5. The summed E-state index contributed by atoms with van der Waals surface area (Å²) >= 11 is 9.54. The lowest BCUT2D eigenvalue weighted by Crippen LogP contribution is -2.32. The molecule has 0 aromatic heterocycles. The maximum absolute atomic E-state index is 12.9. The van der Waals surface area contributed by atoms with E-state index in [-0.39, 0.29) is 16.1 Å². The lowest BCUT2D eigenvalue weighted by molar-refractivity contribution is -0.120. The van der Waals surface area contributed by atoms with Crippen molar-refractivity contribution in [1.29, 1.82) is 0 Å². The van der Waals surface area contributed by atoms with Crippen LogP contribution in [-0.2, 0) is 15.0 Å². The van der Waals surface area contributed by atoms with E-state index in [0.29, 0.717) is 22.7 Å². The average Bonchev–Trinajstić information content (AvgIpc) is 3.03. The SMILES string of the molecule is Cc1ccc(OC(=O)c2ccc(NC3=C(Cl)C(=O)N(c4ccc(Br)cc4)C3=O)cc2)c(C(C)(C)C)c1. The first-order chi connectivity index (χ1) is 17.0. The molecule has 36 heavy (non-hydrogen) atoms. The highest BCUT2D eigenvalue weighted by molar-refractivity contribution is 9.10. The molecule has 3 aromatic carbocycles. The molecule has 0 saturated heterocycles. The summed E-state index contributed by atoms with van der Waals surface area (Å²) in [7, 11) is 0. The molecule has 4 rings (SSSR count). The number of amides is 2. The van der Waals surface area contributed by atoms with Crippen molar-refractivity contribution in [2.75, 3.05) is 10.2 Å². The number of nitrogens with zero attached hydrogens (tertiary/aromatic N) is 1. The van der Waals surface area contributed by atoms with Crippen LogP contribution in [0.2, 0.25) is 0 Å². The van der Waals surface area contributed by atoms with Crippen LogP contribution in [0, 0.1) is 6.92 Å². The summed E-state index contributed by atoms with van der Waals surface area (Å²) in [5.41, 5.74) is 3.03. The number of esters is 1. The van der Waals surface area contributed by atoms with Crippen LogP contribution in [0.5, 0.6) is 5.75 Å². The predicted octanol–water partition coefficient (Wildman–Crippen LogP) is 6.71. The van der Waals surface area contributed by atoms with Gasteiger partial charge in [0.1, 0.15) is 16.5 Å². The molecular weight excluding hydrogens is 544 g/mol. The zero-order valence-electron chi connectivity index (χ0n) is 20.2. The highest BCUT2D eigenvalue weighted by atomic mass is 79.9. The number of aryl methyl sites for hydroxylation is 1. The lowest BCUT2D eigenvalue weighted by Gasteiger charge is -2.22. The van der Waals surface area contributed by atoms with Gasteiger partial charge in [-0.2, -0.15) is 0 Å². The third-order valence-corrected chi connectivity index (χ3v) is 6.53. The van der Waals surface area contributed by atoms with E-state index >= 15 is 0 Å². The Labute approximate surface area is 223 Å². The molecule has 0 fully saturated rings. The molecule has 184 valence electrons. The van der Waals surface area contributed by atoms with E-state index in [2.05, 4.69) is 42.0 Å². The largest absolute Gasteiger partial charge is 0.423 e. The van der Waals surface area contributed by atoms with Gasteiger partial charge in [-0.25, -0.2) is 9.69 Å². The van der Waals surface area contributed by atoms with Gasteiger partial charge >= 0.3 is 5.97 Å². The second-order valence-electron chi connectivity index (χ2n) is 9.45. The maximum Gasteiger partial charge on any atom is 0.343 e. The first-order valence-corrected chi connectivity index (χ1v) is 12.4. The maximum atomic E-state index is 12.9. The summed E-state index contributed by atoms with van der Waals surface area (Å²) in [6.45, 7) is 8.18. The minimum absolute atomic E-state index is 0.0330. The predicted molar refractivity (Wildman–Crippen MR) is 144 cm³/mol. The van der Waals surface area contributed by atoms with Crippen molar-refractivity contribution in [3.05, 3.63) is 98.6 Å². The average molecular weight is 568 g/mol. The first-order valence-electron chi connectivity index (χ1n) is 11.2. The van der Waals surface area contributed by atoms with Gasteiger partial charge in [-0.05, 0) is 66.9 Å². The number of hydrogen-bond acceptors (Lipinski definition) is 5. The fourth-order valence-corrected chi connectivity index (χ4v) is 4.22. The molecule has 0 radical (unpaired) electrons. The number of benzene rings is 3. The molecule has 1 heterocycles. The Balaban J connectivity index is 1.50. The molecule has 3 aromatic rings. The fourth-order valence-electron chi connectivity index (χ4n) is 3.75. The van der Waals surface area contributed by atoms with Crippen molar-refractivity contribution in [1.82, 2.24) is 0 Å². The normalized spacial score (nSPS) is 13.9. The second kappa shape index (κ2) is 9.91. The molecule has 1 N–H and O–H groups in total. The Morgan fingerprint density at radius 2 is 1.58 bits per heavy atom. The van der Waals surface area contributed by atoms with Gasteiger partial charge in [0.15, 0.2) is 0 Å². The second-order valence-corrected chi connectivity index (χ2v) is 10.7. The van der Waals surface area contributed by atoms with Crippen molar-refractivity contribution >= 4 is 56.7 Å². The summed E-state index contributed by atoms with van der Waals surface area (Å²) in [5.74, 6) is -1.16. The number of imide groups is 1. The highest BCUT2D eigenvalue weighted by Crippen LogP contribution is 2.33. The number of carbonyl (C=O) groups excluding carboxylic acids is 3. The van der Waals surface area contributed by atoms with Crippen LogP contribution in [0.15, 0.2) is 81.9 Å². The van der Waals surface area contributed by atoms with Crippen molar-refractivity contribution in [3.63, 3.8) is 0 Å². The topological polar surface area (TPSA) is 75.7 Å². The van der Waals surface area contributed by atoms with Crippen molar-refractivity contribution in [3.8, 4) is 5.75 Å². The van der Waals surface area contributed by atoms with Crippen LogP contribution >= 0.6 is 27.5 Å². The summed E-state index contributed by atoms with van der Waals surface area (Å²) in [6.07, 6.45) is 0. The van der Waals surface area contributed by atoms with Gasteiger partial charge in [0.2, 0.25) is 0 Å². The lowest BCUT2D eigenvalue weighted by atomic mass is 9.85. The van der Waals surface area contributed by atoms with Gasteiger partial charge in [-0.15, -0.1) is 0 Å². The molecule has 8 heteroatoms. The van der Waals surface area contributed by atoms with E-state index in [1.54, 1.807) is 54.6 Å². The van der Waals surface area contributed by atoms with Crippen molar-refractivity contribution < 1.29 is 19.1 Å². The van der Waals surface area contributed by atoms with Crippen LogP contribution < -0.4 is 15.0 Å². The van der Waals surface area contributed by atoms with Gasteiger partial charge in [-0.1, -0.05) is 66.0 Å². The molecule has 6 nitrogen and oxygen atoms in total. The van der Waals surface area contributed by atoms with Crippen LogP contribution in [0.25, 0.3) is 0 Å². The van der Waals surface area contributed by atoms with Gasteiger partial charge < -0.3 is 10.1 Å². The molecular formula is C28H24BrClN2O4. The highest BCUT2D eigenvalue weighted by Gasteiger charge is 2.39. The van der Waals surface area contributed by atoms with E-state index in [1.165, 1.54) is 0 Å². The third kappa shape index (κ3) is 5.22. The zero-order valence-corrected chi connectivity index (χ0v) is 22.5. The quantitative estimate of drug-likeness (QED) is 0.211. The van der Waals surface area contributed by atoms with Crippen molar-refractivity contribution in [2.45, 2.75) is 33.1 Å². The van der Waals surface area contributed by atoms with Crippen LogP contribution in [0.1, 0.15) is 42.3 Å². The van der Waals surface area contributed by atoms with Gasteiger partial charge in [0.25, 0.3) is 11.8 Å². The molecule has 0 unspecified atom stereocenters. The Morgan fingerprint density at radius 1 is 0.944 bits per heavy atom. The summed E-state index contributed by atoms with van der Waals surface area (Å²) in [4.78, 5) is 39.4. The minimum Gasteiger partial charge on any atom is -0.423 e. The van der Waals surface area contributed by atoms with Gasteiger partial charge in [0, 0.05) is 15.7 Å². The van der Waals surface area contributed by atoms with E-state index in [0.717, 1.165) is 20.5 Å². The zero-order chi connectivity index (χ0) is 26.2. The monoisotopic (exact) mass is 566 g/mol. The smallest absolute Gasteiger partial charge is 0.343 e. The molecule has 0 bridgehead atoms. The Kier molecular flexibility index (Phi) is 7.07. The van der Waals surface area contributed by atoms with Crippen LogP contribution in [-0.4, -0.2) is 17.8 Å². The number of halogens is 2. The van der Waals surface area contributed by atoms with E-state index in [4.69, 9.17) is 16.3 Å². The van der Waals surface area contributed by atoms with Crippen LogP contribution in [0.3, 0.4) is 0 Å². The summed E-state index contributed by atoms with van der Waals surface area (Å²) in [5, 5.41) is 2.70. The number of hydrogen-bond donors (Lipinski definition) is 1. The third-order valence-electron chi connectivity index (χ3n) is 5.65. The number of ether oxygens (including phenoxy) is 1. The first kappa shape index (κ1) is 25.7. The molecule has 0 aliphatic carbocycles. The van der Waals surface area contributed by atoms with E-state index in [9.17, 15) is 14.4 Å². The molecule has 0 saturated carbocycles. The Hall–Kier alpha value is -3.42. The fraction of sp³-hybridized carbons (Fsp3) is 0.179. The molecule has 0 spiro atoms. The molecule has 2 amide bonds. The van der Waals surface area contributed by atoms with E-state index in [1.807, 2.05) is 19.1 Å². The molecule has 1 aliphatic heterocycles. The van der Waals surface area contributed by atoms with Gasteiger partial charge in [0.05, 0.1) is 11.3 Å². The summed E-state index contributed by atoms with van der Waals surface area (Å²) in [6, 6.07) is 18.9. The molecule has 0 atom stereocenters.